The summed E-state index contributed by atoms with van der Waals surface area (Å²) in [6.45, 7) is 1.70. The molecule has 0 aliphatic carbocycles. The fraction of sp³-hybridized carbons (Fsp3) is 0.455. The van der Waals surface area contributed by atoms with Gasteiger partial charge in [-0.3, -0.25) is 0 Å². The summed E-state index contributed by atoms with van der Waals surface area (Å²) in [5.41, 5.74) is 0. The third-order valence-electron chi connectivity index (χ3n) is 2.33. The number of aliphatic hydroxyl groups is 1. The number of rotatable bonds is 6. The Labute approximate surface area is 114 Å². The van der Waals surface area contributed by atoms with Gasteiger partial charge in [-0.1, -0.05) is 0 Å². The minimum Gasteiger partial charge on any atom is -0.396 e. The van der Waals surface area contributed by atoms with Crippen molar-refractivity contribution in [2.75, 3.05) is 6.61 Å². The molecule has 1 atom stereocenters. The third kappa shape index (κ3) is 4.31. The predicted molar refractivity (Wildman–Crippen MR) is 70.2 cm³/mol. The van der Waals surface area contributed by atoms with Crippen LogP contribution in [0.3, 0.4) is 0 Å². The van der Waals surface area contributed by atoms with Crippen molar-refractivity contribution in [1.29, 1.82) is 0 Å². The van der Waals surface area contributed by atoms with E-state index in [2.05, 4.69) is 20.7 Å². The number of sulfonamides is 1. The highest BCUT2D eigenvalue weighted by Crippen LogP contribution is 2.23. The molecule has 0 fully saturated rings. The van der Waals surface area contributed by atoms with E-state index in [4.69, 9.17) is 5.11 Å². The molecule has 7 heteroatoms. The first-order valence-corrected chi connectivity index (χ1v) is 7.72. The van der Waals surface area contributed by atoms with Crippen LogP contribution in [0.1, 0.15) is 19.8 Å². The van der Waals surface area contributed by atoms with E-state index in [1.54, 1.807) is 6.92 Å². The normalized spacial score (nSPS) is 13.6. The van der Waals surface area contributed by atoms with Crippen LogP contribution >= 0.6 is 15.9 Å². The van der Waals surface area contributed by atoms with Crippen LogP contribution in [0.2, 0.25) is 0 Å². The summed E-state index contributed by atoms with van der Waals surface area (Å²) < 4.78 is 39.8. The van der Waals surface area contributed by atoms with E-state index >= 15 is 0 Å². The van der Waals surface area contributed by atoms with E-state index in [9.17, 15) is 12.8 Å². The number of benzene rings is 1. The van der Waals surface area contributed by atoms with Crippen molar-refractivity contribution < 1.29 is 17.9 Å². The topological polar surface area (TPSA) is 66.4 Å². The molecule has 0 aliphatic rings. The zero-order valence-electron chi connectivity index (χ0n) is 9.86. The molecular formula is C11H15BrFNO3S. The van der Waals surface area contributed by atoms with Crippen LogP contribution in [0.4, 0.5) is 4.39 Å². The van der Waals surface area contributed by atoms with E-state index in [1.165, 1.54) is 12.1 Å². The Balaban J connectivity index is 2.89. The first-order valence-electron chi connectivity index (χ1n) is 5.45. The maximum Gasteiger partial charge on any atom is 0.242 e. The molecule has 0 aromatic heterocycles. The molecule has 18 heavy (non-hydrogen) atoms. The van der Waals surface area contributed by atoms with E-state index in [0.717, 1.165) is 6.07 Å². The number of nitrogens with one attached hydrogen (secondary N) is 1. The highest BCUT2D eigenvalue weighted by Gasteiger charge is 2.20. The number of aliphatic hydroxyl groups excluding tert-OH is 1. The van der Waals surface area contributed by atoms with Gasteiger partial charge in [-0.05, 0) is 53.9 Å². The second-order valence-electron chi connectivity index (χ2n) is 3.96. The van der Waals surface area contributed by atoms with E-state index in [0.29, 0.717) is 17.3 Å². The quantitative estimate of drug-likeness (QED) is 0.833. The molecule has 0 heterocycles. The molecule has 0 bridgehead atoms. The Morgan fingerprint density at radius 3 is 2.78 bits per heavy atom. The lowest BCUT2D eigenvalue weighted by molar-refractivity contribution is 0.279. The number of halogens is 2. The average Bonchev–Trinajstić information content (AvgIpc) is 2.29. The van der Waals surface area contributed by atoms with Crippen LogP contribution in [-0.2, 0) is 10.0 Å². The molecule has 102 valence electrons. The van der Waals surface area contributed by atoms with Crippen molar-refractivity contribution in [2.24, 2.45) is 0 Å². The zero-order valence-corrected chi connectivity index (χ0v) is 12.3. The minimum atomic E-state index is -3.76. The van der Waals surface area contributed by atoms with Gasteiger partial charge in [0.1, 0.15) is 5.82 Å². The van der Waals surface area contributed by atoms with Gasteiger partial charge < -0.3 is 5.11 Å². The molecule has 1 aromatic rings. The number of hydrogen-bond acceptors (Lipinski definition) is 3. The Morgan fingerprint density at radius 1 is 1.50 bits per heavy atom. The average molecular weight is 340 g/mol. The Morgan fingerprint density at radius 2 is 2.17 bits per heavy atom. The molecule has 0 saturated carbocycles. The SMILES string of the molecule is C[C@@H](CCCO)NS(=O)(=O)c1cc(F)ccc1Br. The first kappa shape index (κ1) is 15.6. The molecule has 1 aromatic carbocycles. The van der Waals surface area contributed by atoms with Gasteiger partial charge in [0.25, 0.3) is 0 Å². The van der Waals surface area contributed by atoms with E-state index in [-0.39, 0.29) is 17.5 Å². The van der Waals surface area contributed by atoms with Gasteiger partial charge in [-0.25, -0.2) is 17.5 Å². The minimum absolute atomic E-state index is 0.00965. The smallest absolute Gasteiger partial charge is 0.242 e. The highest BCUT2D eigenvalue weighted by molar-refractivity contribution is 9.10. The monoisotopic (exact) mass is 339 g/mol. The third-order valence-corrected chi connectivity index (χ3v) is 4.92. The van der Waals surface area contributed by atoms with Crippen molar-refractivity contribution in [3.8, 4) is 0 Å². The number of hydrogen-bond donors (Lipinski definition) is 2. The van der Waals surface area contributed by atoms with Crippen molar-refractivity contribution in [2.45, 2.75) is 30.7 Å². The lowest BCUT2D eigenvalue weighted by atomic mass is 10.2. The van der Waals surface area contributed by atoms with Gasteiger partial charge in [0.15, 0.2) is 0 Å². The zero-order chi connectivity index (χ0) is 13.8. The second-order valence-corrected chi connectivity index (χ2v) is 6.50. The summed E-state index contributed by atoms with van der Waals surface area (Å²) in [5.74, 6) is -0.610. The molecule has 0 saturated heterocycles. The van der Waals surface area contributed by atoms with Gasteiger partial charge in [0.2, 0.25) is 10.0 Å². The fourth-order valence-electron chi connectivity index (χ4n) is 1.47. The molecule has 0 unspecified atom stereocenters. The molecule has 0 aliphatic heterocycles. The fourth-order valence-corrected chi connectivity index (χ4v) is 3.72. The Hall–Kier alpha value is -0.500. The van der Waals surface area contributed by atoms with Crippen LogP contribution in [0.5, 0.6) is 0 Å². The Bertz CT molecular complexity index is 507. The first-order chi connectivity index (χ1) is 8.36. The van der Waals surface area contributed by atoms with Crippen molar-refractivity contribution >= 4 is 26.0 Å². The van der Waals surface area contributed by atoms with Gasteiger partial charge >= 0.3 is 0 Å². The molecular weight excluding hydrogens is 325 g/mol. The van der Waals surface area contributed by atoms with Crippen molar-refractivity contribution in [3.63, 3.8) is 0 Å². The molecule has 0 amide bonds. The van der Waals surface area contributed by atoms with E-state index in [1.807, 2.05) is 0 Å². The summed E-state index contributed by atoms with van der Waals surface area (Å²) in [5, 5.41) is 8.68. The molecule has 1 rings (SSSR count). The molecule has 4 nitrogen and oxygen atoms in total. The van der Waals surface area contributed by atoms with Crippen molar-refractivity contribution in [1.82, 2.24) is 4.72 Å². The maximum absolute atomic E-state index is 13.1. The maximum atomic E-state index is 13.1. The largest absolute Gasteiger partial charge is 0.396 e. The van der Waals surface area contributed by atoms with Crippen LogP contribution in [0.25, 0.3) is 0 Å². The molecule has 0 radical (unpaired) electrons. The van der Waals surface area contributed by atoms with Crippen LogP contribution in [-0.4, -0.2) is 26.2 Å². The van der Waals surface area contributed by atoms with E-state index < -0.39 is 15.8 Å². The standard InChI is InChI=1S/C11H15BrFNO3S/c1-8(3-2-6-15)14-18(16,17)11-7-9(13)4-5-10(11)12/h4-5,7-8,14-15H,2-3,6H2,1H3/t8-/m0/s1. The lowest BCUT2D eigenvalue weighted by Gasteiger charge is -2.14. The van der Waals surface area contributed by atoms with Gasteiger partial charge in [-0.2, -0.15) is 0 Å². The molecule has 2 N–H and O–H groups in total. The van der Waals surface area contributed by atoms with Crippen LogP contribution in [0, 0.1) is 5.82 Å². The van der Waals surface area contributed by atoms with Gasteiger partial charge in [0, 0.05) is 17.1 Å². The molecule has 0 spiro atoms. The second kappa shape index (κ2) is 6.60. The summed E-state index contributed by atoms with van der Waals surface area (Å²) in [4.78, 5) is -0.127. The van der Waals surface area contributed by atoms with Crippen molar-refractivity contribution in [3.05, 3.63) is 28.5 Å². The predicted octanol–water partition coefficient (Wildman–Crippen LogP) is 2.03. The van der Waals surface area contributed by atoms with Crippen LogP contribution < -0.4 is 4.72 Å². The lowest BCUT2D eigenvalue weighted by Crippen LogP contribution is -2.33. The summed E-state index contributed by atoms with van der Waals surface area (Å²) in [6.07, 6.45) is 1.02. The summed E-state index contributed by atoms with van der Waals surface area (Å²) >= 11 is 3.08. The van der Waals surface area contributed by atoms with Gasteiger partial charge in [0.05, 0.1) is 4.90 Å². The van der Waals surface area contributed by atoms with Gasteiger partial charge in [-0.15, -0.1) is 0 Å². The summed E-state index contributed by atoms with van der Waals surface area (Å²) in [6, 6.07) is 3.17. The van der Waals surface area contributed by atoms with Crippen LogP contribution in [0.15, 0.2) is 27.6 Å². The summed E-state index contributed by atoms with van der Waals surface area (Å²) in [7, 11) is -3.76. The Kier molecular flexibility index (Phi) is 5.71. The highest BCUT2D eigenvalue weighted by atomic mass is 79.9.